The number of hydrogen-bond donors (Lipinski definition) is 0. The third-order valence-electron chi connectivity index (χ3n) is 3.60. The maximum atomic E-state index is 12.2. The molecule has 136 valence electrons. The van der Waals surface area contributed by atoms with E-state index >= 15 is 0 Å². The van der Waals surface area contributed by atoms with E-state index < -0.39 is 0 Å². The molecule has 5 nitrogen and oxygen atoms in total. The first-order valence-corrected chi connectivity index (χ1v) is 9.26. The Hall–Kier alpha value is -1.92. The zero-order valence-corrected chi connectivity index (χ0v) is 16.1. The summed E-state index contributed by atoms with van der Waals surface area (Å²) in [6, 6.07) is 7.93. The summed E-state index contributed by atoms with van der Waals surface area (Å²) in [5.41, 5.74) is 1.99. The molecule has 1 amide bonds. The summed E-state index contributed by atoms with van der Waals surface area (Å²) < 4.78 is 10.8. The molecule has 0 radical (unpaired) electrons. The van der Waals surface area contributed by atoms with Crippen LogP contribution in [0, 0.1) is 12.8 Å². The fraction of sp³-hybridized carbons (Fsp3) is 0.474. The number of rotatable bonds is 9. The van der Waals surface area contributed by atoms with Crippen molar-refractivity contribution in [2.75, 3.05) is 20.3 Å². The molecule has 1 aromatic carbocycles. The average molecular weight is 362 g/mol. The number of methoxy groups -OCH3 is 1. The molecular weight excluding hydrogens is 336 g/mol. The largest absolute Gasteiger partial charge is 0.486 e. The summed E-state index contributed by atoms with van der Waals surface area (Å²) in [6.45, 7) is 7.93. The number of aromatic nitrogens is 1. The molecule has 0 saturated carbocycles. The van der Waals surface area contributed by atoms with Gasteiger partial charge in [-0.25, -0.2) is 4.98 Å². The quantitative estimate of drug-likeness (QED) is 0.683. The molecule has 2 aromatic rings. The molecular formula is C19H26N2O3S. The van der Waals surface area contributed by atoms with Crippen LogP contribution >= 0.6 is 11.3 Å². The zero-order valence-electron chi connectivity index (χ0n) is 15.3. The lowest BCUT2D eigenvalue weighted by atomic mass is 10.2. The monoisotopic (exact) mass is 362 g/mol. The summed E-state index contributed by atoms with van der Waals surface area (Å²) in [4.78, 5) is 18.6. The van der Waals surface area contributed by atoms with Gasteiger partial charge in [0.1, 0.15) is 24.0 Å². The van der Waals surface area contributed by atoms with E-state index in [2.05, 4.69) is 18.8 Å². The Bertz CT molecular complexity index is 685. The van der Waals surface area contributed by atoms with Gasteiger partial charge in [-0.3, -0.25) is 4.79 Å². The molecule has 0 aliphatic heterocycles. The van der Waals surface area contributed by atoms with Gasteiger partial charge in [-0.1, -0.05) is 32.0 Å². The van der Waals surface area contributed by atoms with Gasteiger partial charge < -0.3 is 14.4 Å². The van der Waals surface area contributed by atoms with E-state index in [4.69, 9.17) is 9.47 Å². The minimum absolute atomic E-state index is 0.0121. The van der Waals surface area contributed by atoms with Gasteiger partial charge in [-0.15, -0.1) is 11.3 Å². The van der Waals surface area contributed by atoms with Crippen molar-refractivity contribution >= 4 is 17.2 Å². The molecule has 1 aromatic heterocycles. The van der Waals surface area contributed by atoms with E-state index in [1.165, 1.54) is 7.11 Å². The van der Waals surface area contributed by atoms with E-state index in [0.717, 1.165) is 22.0 Å². The number of carbonyl (C=O) groups excluding carboxylic acids is 1. The molecule has 6 heteroatoms. The molecule has 0 atom stereocenters. The predicted octanol–water partition coefficient (Wildman–Crippen LogP) is 3.66. The lowest BCUT2D eigenvalue weighted by Gasteiger charge is -2.23. The van der Waals surface area contributed by atoms with Gasteiger partial charge in [0.2, 0.25) is 5.91 Å². The zero-order chi connectivity index (χ0) is 18.2. The lowest BCUT2D eigenvalue weighted by molar-refractivity contribution is -0.136. The summed E-state index contributed by atoms with van der Waals surface area (Å²) in [7, 11) is 1.54. The molecule has 0 unspecified atom stereocenters. The Balaban J connectivity index is 1.96. The van der Waals surface area contributed by atoms with E-state index in [1.54, 1.807) is 16.2 Å². The minimum Gasteiger partial charge on any atom is -0.486 e. The number of amides is 1. The number of carbonyl (C=O) groups is 1. The Morgan fingerprint density at radius 3 is 2.76 bits per heavy atom. The normalized spacial score (nSPS) is 10.9. The third kappa shape index (κ3) is 6.14. The molecule has 0 saturated heterocycles. The lowest BCUT2D eigenvalue weighted by Crippen LogP contribution is -2.36. The van der Waals surface area contributed by atoms with Crippen LogP contribution in [0.2, 0.25) is 0 Å². The fourth-order valence-corrected chi connectivity index (χ4v) is 3.15. The summed E-state index contributed by atoms with van der Waals surface area (Å²) in [6.07, 6.45) is 0. The van der Waals surface area contributed by atoms with Gasteiger partial charge in [-0.2, -0.15) is 0 Å². The topological polar surface area (TPSA) is 51.7 Å². The molecule has 0 aliphatic carbocycles. The maximum absolute atomic E-state index is 12.2. The van der Waals surface area contributed by atoms with Gasteiger partial charge in [0, 0.05) is 19.0 Å². The predicted molar refractivity (Wildman–Crippen MR) is 99.8 cm³/mol. The molecule has 0 bridgehead atoms. The smallest absolute Gasteiger partial charge is 0.248 e. The molecule has 0 N–H and O–H groups in total. The number of aryl methyl sites for hydroxylation is 1. The van der Waals surface area contributed by atoms with Crippen molar-refractivity contribution in [3.05, 3.63) is 45.9 Å². The molecule has 0 fully saturated rings. The molecule has 1 heterocycles. The van der Waals surface area contributed by atoms with Crippen LogP contribution in [0.15, 0.2) is 29.6 Å². The van der Waals surface area contributed by atoms with Gasteiger partial charge >= 0.3 is 0 Å². The van der Waals surface area contributed by atoms with Crippen LogP contribution in [0.25, 0.3) is 0 Å². The molecule has 25 heavy (non-hydrogen) atoms. The highest BCUT2D eigenvalue weighted by Crippen LogP contribution is 2.20. The first kappa shape index (κ1) is 19.4. The summed E-state index contributed by atoms with van der Waals surface area (Å²) in [5, 5.41) is 2.89. The Kier molecular flexibility index (Phi) is 7.40. The van der Waals surface area contributed by atoms with Crippen molar-refractivity contribution in [3.63, 3.8) is 0 Å². The van der Waals surface area contributed by atoms with E-state index in [0.29, 0.717) is 25.6 Å². The van der Waals surface area contributed by atoms with Crippen LogP contribution in [0.5, 0.6) is 5.75 Å². The average Bonchev–Trinajstić information content (AvgIpc) is 3.01. The SMILES string of the molecule is COCC(=O)N(Cc1csc(COc2ccccc2C)n1)CC(C)C. The van der Waals surface area contributed by atoms with Crippen molar-refractivity contribution in [2.45, 2.75) is 33.9 Å². The van der Waals surface area contributed by atoms with Crippen molar-refractivity contribution in [1.29, 1.82) is 0 Å². The van der Waals surface area contributed by atoms with E-state index in [-0.39, 0.29) is 12.5 Å². The van der Waals surface area contributed by atoms with Crippen LogP contribution in [0.3, 0.4) is 0 Å². The highest BCUT2D eigenvalue weighted by molar-refractivity contribution is 7.09. The van der Waals surface area contributed by atoms with Crippen molar-refractivity contribution in [1.82, 2.24) is 9.88 Å². The Morgan fingerprint density at radius 1 is 1.32 bits per heavy atom. The van der Waals surface area contributed by atoms with Gasteiger partial charge in [0.05, 0.1) is 12.2 Å². The highest BCUT2D eigenvalue weighted by Gasteiger charge is 2.17. The first-order valence-electron chi connectivity index (χ1n) is 8.38. The number of para-hydroxylation sites is 1. The van der Waals surface area contributed by atoms with Crippen LogP contribution in [-0.4, -0.2) is 36.1 Å². The second-order valence-electron chi connectivity index (χ2n) is 6.39. The van der Waals surface area contributed by atoms with Gasteiger partial charge in [0.25, 0.3) is 0 Å². The van der Waals surface area contributed by atoms with Crippen LogP contribution in [0.1, 0.15) is 30.1 Å². The van der Waals surface area contributed by atoms with Gasteiger partial charge in [0.15, 0.2) is 0 Å². The van der Waals surface area contributed by atoms with Crippen LogP contribution in [-0.2, 0) is 22.7 Å². The molecule has 2 rings (SSSR count). The molecule has 0 spiro atoms. The number of thiazole rings is 1. The molecule has 0 aliphatic rings. The van der Waals surface area contributed by atoms with E-state index in [1.807, 2.05) is 36.6 Å². The number of nitrogens with zero attached hydrogens (tertiary/aromatic N) is 2. The summed E-state index contributed by atoms with van der Waals surface area (Å²) in [5.74, 6) is 1.25. The highest BCUT2D eigenvalue weighted by atomic mass is 32.1. The second kappa shape index (κ2) is 9.53. The van der Waals surface area contributed by atoms with Crippen molar-refractivity contribution in [3.8, 4) is 5.75 Å². The number of benzene rings is 1. The van der Waals surface area contributed by atoms with Crippen LogP contribution < -0.4 is 4.74 Å². The van der Waals surface area contributed by atoms with Crippen molar-refractivity contribution < 1.29 is 14.3 Å². The number of hydrogen-bond acceptors (Lipinski definition) is 5. The second-order valence-corrected chi connectivity index (χ2v) is 7.33. The minimum atomic E-state index is -0.0121. The van der Waals surface area contributed by atoms with Gasteiger partial charge in [-0.05, 0) is 24.5 Å². The third-order valence-corrected chi connectivity index (χ3v) is 4.47. The van der Waals surface area contributed by atoms with Crippen molar-refractivity contribution in [2.24, 2.45) is 5.92 Å². The fourth-order valence-electron chi connectivity index (χ4n) is 2.45. The Morgan fingerprint density at radius 2 is 2.08 bits per heavy atom. The first-order chi connectivity index (χ1) is 12.0. The Labute approximate surface area is 153 Å². The summed E-state index contributed by atoms with van der Waals surface area (Å²) >= 11 is 1.56. The van der Waals surface area contributed by atoms with E-state index in [9.17, 15) is 4.79 Å². The number of ether oxygens (including phenoxy) is 2. The maximum Gasteiger partial charge on any atom is 0.248 e. The van der Waals surface area contributed by atoms with Crippen LogP contribution in [0.4, 0.5) is 0 Å². The standard InChI is InChI=1S/C19H26N2O3S/c1-14(2)9-21(19(22)12-23-4)10-16-13-25-18(20-16)11-24-17-8-6-5-7-15(17)3/h5-8,13-14H,9-12H2,1-4H3.